The Kier molecular flexibility index (Phi) is 6.03. The summed E-state index contributed by atoms with van der Waals surface area (Å²) in [6.07, 6.45) is 0. The van der Waals surface area contributed by atoms with Crippen molar-refractivity contribution in [2.45, 2.75) is 24.8 Å². The van der Waals surface area contributed by atoms with Gasteiger partial charge in [-0.2, -0.15) is 0 Å². The number of carbonyl (C=O) groups is 1. The number of aryl methyl sites for hydroxylation is 1. The third kappa shape index (κ3) is 4.66. The molecule has 29 heavy (non-hydrogen) atoms. The molecule has 0 bridgehead atoms. The summed E-state index contributed by atoms with van der Waals surface area (Å²) in [5.74, 6) is -0.169. The van der Waals surface area contributed by atoms with Gasteiger partial charge in [-0.05, 0) is 55.3 Å². The summed E-state index contributed by atoms with van der Waals surface area (Å²) in [4.78, 5) is 14.6. The van der Waals surface area contributed by atoms with E-state index in [1.165, 1.54) is 12.1 Å². The molecule has 0 aliphatic carbocycles. The van der Waals surface area contributed by atoms with Crippen LogP contribution >= 0.6 is 0 Å². The molecular formula is C23H24N2O3S. The number of anilines is 1. The van der Waals surface area contributed by atoms with E-state index in [0.717, 1.165) is 11.1 Å². The highest BCUT2D eigenvalue weighted by atomic mass is 32.2. The molecule has 0 spiro atoms. The van der Waals surface area contributed by atoms with Gasteiger partial charge in [0.2, 0.25) is 0 Å². The van der Waals surface area contributed by atoms with Gasteiger partial charge in [0, 0.05) is 12.6 Å². The molecule has 5 nitrogen and oxygen atoms in total. The van der Waals surface area contributed by atoms with Crippen LogP contribution in [-0.4, -0.2) is 26.3 Å². The number of hydrogen-bond donors (Lipinski definition) is 1. The molecular weight excluding hydrogens is 384 g/mol. The number of nitrogens with zero attached hydrogens (tertiary/aromatic N) is 1. The molecule has 0 heterocycles. The Bertz CT molecular complexity index is 1090. The zero-order valence-electron chi connectivity index (χ0n) is 16.7. The number of nitrogens with one attached hydrogen (secondary N) is 1. The summed E-state index contributed by atoms with van der Waals surface area (Å²) in [5.41, 5.74) is 2.83. The van der Waals surface area contributed by atoms with Crippen LogP contribution < -0.4 is 4.72 Å². The highest BCUT2D eigenvalue weighted by Crippen LogP contribution is 2.22. The van der Waals surface area contributed by atoms with Crippen LogP contribution in [0.1, 0.15) is 34.5 Å². The molecule has 3 rings (SSSR count). The van der Waals surface area contributed by atoms with E-state index in [1.54, 1.807) is 36.2 Å². The molecule has 1 N–H and O–H groups in total. The van der Waals surface area contributed by atoms with Crippen LogP contribution in [0, 0.1) is 6.92 Å². The number of amides is 1. The van der Waals surface area contributed by atoms with Gasteiger partial charge in [-0.3, -0.25) is 9.52 Å². The second-order valence-electron chi connectivity index (χ2n) is 6.95. The first-order valence-electron chi connectivity index (χ1n) is 9.30. The third-order valence-electron chi connectivity index (χ3n) is 4.98. The second-order valence-corrected chi connectivity index (χ2v) is 8.63. The molecule has 0 fully saturated rings. The fraction of sp³-hybridized carbons (Fsp3) is 0.174. The lowest BCUT2D eigenvalue weighted by Crippen LogP contribution is -2.29. The van der Waals surface area contributed by atoms with Crippen LogP contribution in [0.4, 0.5) is 5.69 Å². The van der Waals surface area contributed by atoms with E-state index in [4.69, 9.17) is 0 Å². The molecule has 1 amide bonds. The molecule has 0 unspecified atom stereocenters. The number of rotatable bonds is 6. The summed E-state index contributed by atoms with van der Waals surface area (Å²) in [6, 6.07) is 22.8. The van der Waals surface area contributed by atoms with Gasteiger partial charge in [-0.25, -0.2) is 8.42 Å². The average molecular weight is 409 g/mol. The Morgan fingerprint density at radius 1 is 0.897 bits per heavy atom. The molecule has 1 atom stereocenters. The van der Waals surface area contributed by atoms with Gasteiger partial charge in [0.05, 0.1) is 16.6 Å². The summed E-state index contributed by atoms with van der Waals surface area (Å²) in [6.45, 7) is 3.79. The van der Waals surface area contributed by atoms with Crippen molar-refractivity contribution in [2.24, 2.45) is 0 Å². The molecule has 0 saturated carbocycles. The first kappa shape index (κ1) is 20.6. The number of hydrogen-bond acceptors (Lipinski definition) is 3. The predicted molar refractivity (Wildman–Crippen MR) is 115 cm³/mol. The minimum Gasteiger partial charge on any atom is -0.335 e. The van der Waals surface area contributed by atoms with Crippen molar-refractivity contribution in [3.05, 3.63) is 95.6 Å². The van der Waals surface area contributed by atoms with Gasteiger partial charge in [0.15, 0.2) is 0 Å². The summed E-state index contributed by atoms with van der Waals surface area (Å²) in [7, 11) is -1.99. The van der Waals surface area contributed by atoms with Crippen molar-refractivity contribution in [3.8, 4) is 0 Å². The van der Waals surface area contributed by atoms with E-state index < -0.39 is 10.0 Å². The monoisotopic (exact) mass is 408 g/mol. The van der Waals surface area contributed by atoms with Gasteiger partial charge in [-0.1, -0.05) is 48.5 Å². The maximum Gasteiger partial charge on any atom is 0.261 e. The summed E-state index contributed by atoms with van der Waals surface area (Å²) >= 11 is 0. The molecule has 150 valence electrons. The number of sulfonamides is 1. The van der Waals surface area contributed by atoms with Gasteiger partial charge < -0.3 is 4.90 Å². The maximum atomic E-state index is 12.8. The lowest BCUT2D eigenvalue weighted by atomic mass is 10.1. The SMILES string of the molecule is Cc1ccccc1NS(=O)(=O)c1ccc(C(=O)N(C)[C@@H](C)c2ccccc2)cc1. The van der Waals surface area contributed by atoms with Crippen molar-refractivity contribution in [2.75, 3.05) is 11.8 Å². The molecule has 0 aromatic heterocycles. The maximum absolute atomic E-state index is 12.8. The normalized spacial score (nSPS) is 12.2. The van der Waals surface area contributed by atoms with Gasteiger partial charge in [0.1, 0.15) is 0 Å². The first-order chi connectivity index (χ1) is 13.8. The van der Waals surface area contributed by atoms with Crippen LogP contribution in [0.3, 0.4) is 0 Å². The van der Waals surface area contributed by atoms with Crippen molar-refractivity contribution in [3.63, 3.8) is 0 Å². The Hall–Kier alpha value is -3.12. The molecule has 0 radical (unpaired) electrons. The molecule has 0 saturated heterocycles. The van der Waals surface area contributed by atoms with Gasteiger partial charge in [0.25, 0.3) is 15.9 Å². The second kappa shape index (κ2) is 8.49. The lowest BCUT2D eigenvalue weighted by molar-refractivity contribution is 0.0742. The van der Waals surface area contributed by atoms with Crippen molar-refractivity contribution >= 4 is 21.6 Å². The first-order valence-corrected chi connectivity index (χ1v) is 10.8. The van der Waals surface area contributed by atoms with Crippen LogP contribution in [0.2, 0.25) is 0 Å². The molecule has 0 aliphatic heterocycles. The highest BCUT2D eigenvalue weighted by molar-refractivity contribution is 7.92. The molecule has 0 aliphatic rings. The van der Waals surface area contributed by atoms with Crippen LogP contribution in [0.5, 0.6) is 0 Å². The summed E-state index contributed by atoms with van der Waals surface area (Å²) < 4.78 is 27.9. The predicted octanol–water partition coefficient (Wildman–Crippen LogP) is 4.63. The Balaban J connectivity index is 1.77. The fourth-order valence-corrected chi connectivity index (χ4v) is 4.13. The van der Waals surface area contributed by atoms with Crippen LogP contribution in [-0.2, 0) is 10.0 Å². The molecule has 3 aromatic rings. The zero-order valence-corrected chi connectivity index (χ0v) is 17.5. The average Bonchev–Trinajstić information content (AvgIpc) is 2.74. The number of para-hydroxylation sites is 1. The minimum absolute atomic E-state index is 0.102. The third-order valence-corrected chi connectivity index (χ3v) is 6.37. The topological polar surface area (TPSA) is 66.5 Å². The van der Waals surface area contributed by atoms with Crippen LogP contribution in [0.15, 0.2) is 83.8 Å². The van der Waals surface area contributed by atoms with Gasteiger partial charge in [-0.15, -0.1) is 0 Å². The largest absolute Gasteiger partial charge is 0.335 e. The number of benzene rings is 3. The Morgan fingerprint density at radius 3 is 2.10 bits per heavy atom. The molecule has 6 heteroatoms. The van der Waals surface area contributed by atoms with Crippen molar-refractivity contribution < 1.29 is 13.2 Å². The smallest absolute Gasteiger partial charge is 0.261 e. The van der Waals surface area contributed by atoms with E-state index in [0.29, 0.717) is 11.3 Å². The van der Waals surface area contributed by atoms with Gasteiger partial charge >= 0.3 is 0 Å². The quantitative estimate of drug-likeness (QED) is 0.647. The van der Waals surface area contributed by atoms with Crippen LogP contribution in [0.25, 0.3) is 0 Å². The standard InChI is InChI=1S/C23H24N2O3S/c1-17-9-7-8-12-22(17)24-29(27,28)21-15-13-20(14-16-21)23(26)25(3)18(2)19-10-5-4-6-11-19/h4-16,18,24H,1-3H3/t18-/m0/s1. The fourth-order valence-electron chi connectivity index (χ4n) is 3.00. The van der Waals surface area contributed by atoms with E-state index in [9.17, 15) is 13.2 Å². The van der Waals surface area contributed by atoms with E-state index >= 15 is 0 Å². The number of carbonyl (C=O) groups excluding carboxylic acids is 1. The van der Waals surface area contributed by atoms with Crippen molar-refractivity contribution in [1.82, 2.24) is 4.90 Å². The lowest BCUT2D eigenvalue weighted by Gasteiger charge is -2.25. The van der Waals surface area contributed by atoms with E-state index in [-0.39, 0.29) is 16.8 Å². The Labute approximate surface area is 172 Å². The zero-order chi connectivity index (χ0) is 21.0. The summed E-state index contributed by atoms with van der Waals surface area (Å²) in [5, 5.41) is 0. The van der Waals surface area contributed by atoms with E-state index in [1.807, 2.05) is 56.3 Å². The highest BCUT2D eigenvalue weighted by Gasteiger charge is 2.20. The van der Waals surface area contributed by atoms with E-state index in [2.05, 4.69) is 4.72 Å². The minimum atomic E-state index is -3.73. The van der Waals surface area contributed by atoms with Crippen molar-refractivity contribution in [1.29, 1.82) is 0 Å². The Morgan fingerprint density at radius 2 is 1.48 bits per heavy atom. The molecule has 3 aromatic carbocycles.